The van der Waals surface area contributed by atoms with Crippen LogP contribution in [0.5, 0.6) is 0 Å². The van der Waals surface area contributed by atoms with E-state index in [4.69, 9.17) is 0 Å². The van der Waals surface area contributed by atoms with Gasteiger partial charge in [0.2, 0.25) is 0 Å². The third-order valence-electron chi connectivity index (χ3n) is 3.18. The lowest BCUT2D eigenvalue weighted by molar-refractivity contribution is 0.508. The van der Waals surface area contributed by atoms with Crippen LogP contribution in [0.2, 0.25) is 0 Å². The lowest BCUT2D eigenvalue weighted by atomic mass is 10.0. The van der Waals surface area contributed by atoms with Gasteiger partial charge in [-0.3, -0.25) is 4.68 Å². The van der Waals surface area contributed by atoms with Crippen LogP contribution in [0.25, 0.3) is 0 Å². The maximum Gasteiger partial charge on any atom is 0.0765 e. The van der Waals surface area contributed by atoms with Crippen molar-refractivity contribution in [2.24, 2.45) is 0 Å². The summed E-state index contributed by atoms with van der Waals surface area (Å²) >= 11 is 0. The highest BCUT2D eigenvalue weighted by atomic mass is 15.3. The average molecular weight is 228 g/mol. The van der Waals surface area contributed by atoms with Gasteiger partial charge >= 0.3 is 0 Å². The van der Waals surface area contributed by atoms with Crippen LogP contribution in [0, 0.1) is 0 Å². The van der Waals surface area contributed by atoms with Gasteiger partial charge in [0.15, 0.2) is 0 Å². The minimum absolute atomic E-state index is 0.351. The van der Waals surface area contributed by atoms with Crippen molar-refractivity contribution >= 4 is 0 Å². The molecule has 2 aromatic rings. The Morgan fingerprint density at radius 1 is 1.12 bits per heavy atom. The minimum Gasteiger partial charge on any atom is -0.265 e. The van der Waals surface area contributed by atoms with Crippen LogP contribution in [0.3, 0.4) is 0 Å². The predicted molar refractivity (Wildman–Crippen MR) is 71.2 cm³/mol. The highest BCUT2D eigenvalue weighted by molar-refractivity contribution is 5.20. The minimum atomic E-state index is 0.351. The van der Waals surface area contributed by atoms with E-state index in [0.717, 1.165) is 6.42 Å². The molecule has 0 saturated heterocycles. The molecule has 0 aliphatic heterocycles. The van der Waals surface area contributed by atoms with E-state index in [2.05, 4.69) is 67.1 Å². The second kappa shape index (κ2) is 5.17. The summed E-state index contributed by atoms with van der Waals surface area (Å²) in [6.45, 7) is 6.60. The average Bonchev–Trinajstić information content (AvgIpc) is 2.81. The highest BCUT2D eigenvalue weighted by Gasteiger charge is 2.13. The molecule has 2 heteroatoms. The zero-order chi connectivity index (χ0) is 12.3. The Labute approximate surface area is 103 Å². The summed E-state index contributed by atoms with van der Waals surface area (Å²) in [6.07, 6.45) is 5.21. The van der Waals surface area contributed by atoms with Crippen LogP contribution >= 0.6 is 0 Å². The predicted octanol–water partition coefficient (Wildman–Crippen LogP) is 4.01. The molecule has 0 radical (unpaired) electrons. The van der Waals surface area contributed by atoms with Gasteiger partial charge in [-0.15, -0.1) is 0 Å². The van der Waals surface area contributed by atoms with Crippen LogP contribution in [0.1, 0.15) is 50.3 Å². The summed E-state index contributed by atoms with van der Waals surface area (Å²) in [6, 6.07) is 10.9. The van der Waals surface area contributed by atoms with E-state index < -0.39 is 0 Å². The molecule has 0 N–H and O–H groups in total. The summed E-state index contributed by atoms with van der Waals surface area (Å²) in [4.78, 5) is 0. The van der Waals surface area contributed by atoms with Crippen LogP contribution in [-0.4, -0.2) is 9.78 Å². The molecule has 0 unspecified atom stereocenters. The van der Waals surface area contributed by atoms with E-state index in [-0.39, 0.29) is 0 Å². The molecule has 0 amide bonds. The normalized spacial score (nSPS) is 12.9. The number of benzene rings is 1. The smallest absolute Gasteiger partial charge is 0.0765 e. The fraction of sp³-hybridized carbons (Fsp3) is 0.400. The molecule has 0 spiro atoms. The van der Waals surface area contributed by atoms with E-state index in [1.165, 1.54) is 11.1 Å². The van der Waals surface area contributed by atoms with E-state index >= 15 is 0 Å². The van der Waals surface area contributed by atoms with Crippen molar-refractivity contribution in [3.05, 3.63) is 53.9 Å². The molecule has 1 aromatic carbocycles. The first-order valence-corrected chi connectivity index (χ1v) is 6.31. The van der Waals surface area contributed by atoms with Gasteiger partial charge in [0.25, 0.3) is 0 Å². The molecule has 1 heterocycles. The second-order valence-corrected chi connectivity index (χ2v) is 4.74. The molecule has 17 heavy (non-hydrogen) atoms. The molecule has 0 aliphatic carbocycles. The Hall–Kier alpha value is -1.57. The molecular weight excluding hydrogens is 208 g/mol. The lowest BCUT2D eigenvalue weighted by Gasteiger charge is -2.16. The topological polar surface area (TPSA) is 17.8 Å². The zero-order valence-electron chi connectivity index (χ0n) is 10.8. The van der Waals surface area contributed by atoms with E-state index in [9.17, 15) is 0 Å². The molecule has 0 aliphatic rings. The van der Waals surface area contributed by atoms with Gasteiger partial charge in [0.05, 0.1) is 12.2 Å². The summed E-state index contributed by atoms with van der Waals surface area (Å²) in [5.74, 6) is 0.539. The van der Waals surface area contributed by atoms with Crippen molar-refractivity contribution in [1.29, 1.82) is 0 Å². The van der Waals surface area contributed by atoms with Crippen molar-refractivity contribution < 1.29 is 0 Å². The molecule has 0 fully saturated rings. The molecule has 1 aromatic heterocycles. The number of nitrogens with zero attached hydrogens (tertiary/aromatic N) is 2. The summed E-state index contributed by atoms with van der Waals surface area (Å²) in [7, 11) is 0. The first-order valence-electron chi connectivity index (χ1n) is 6.31. The largest absolute Gasteiger partial charge is 0.265 e. The standard InChI is InChI=1S/C15H20N2/c1-4-15(13-8-6-5-7-9-13)17-11-14(10-16-17)12(2)3/h5-12,15H,4H2,1-3H3/t15-/m1/s1. The number of aromatic nitrogens is 2. The zero-order valence-corrected chi connectivity index (χ0v) is 10.8. The second-order valence-electron chi connectivity index (χ2n) is 4.74. The number of hydrogen-bond donors (Lipinski definition) is 0. The Morgan fingerprint density at radius 3 is 2.35 bits per heavy atom. The van der Waals surface area contributed by atoms with Gasteiger partial charge in [0.1, 0.15) is 0 Å². The third-order valence-corrected chi connectivity index (χ3v) is 3.18. The molecule has 0 saturated carbocycles. The Kier molecular flexibility index (Phi) is 3.62. The monoisotopic (exact) mass is 228 g/mol. The lowest BCUT2D eigenvalue weighted by Crippen LogP contribution is -2.09. The molecule has 0 bridgehead atoms. The van der Waals surface area contributed by atoms with E-state index in [1.807, 2.05) is 6.20 Å². The Morgan fingerprint density at radius 2 is 1.82 bits per heavy atom. The Balaban J connectivity index is 2.29. The third kappa shape index (κ3) is 2.57. The highest BCUT2D eigenvalue weighted by Crippen LogP contribution is 2.23. The number of rotatable bonds is 4. The van der Waals surface area contributed by atoms with Gasteiger partial charge in [0, 0.05) is 6.20 Å². The fourth-order valence-electron chi connectivity index (χ4n) is 2.07. The van der Waals surface area contributed by atoms with Gasteiger partial charge in [-0.25, -0.2) is 0 Å². The maximum atomic E-state index is 4.50. The summed E-state index contributed by atoms with van der Waals surface area (Å²) in [5.41, 5.74) is 2.63. The molecule has 2 rings (SSSR count). The van der Waals surface area contributed by atoms with Gasteiger partial charge in [-0.05, 0) is 23.5 Å². The first-order chi connectivity index (χ1) is 8.22. The Bertz CT molecular complexity index is 457. The van der Waals surface area contributed by atoms with E-state index in [1.54, 1.807) is 0 Å². The SMILES string of the molecule is CC[C@H](c1ccccc1)n1cc(C(C)C)cn1. The van der Waals surface area contributed by atoms with Crippen molar-refractivity contribution in [2.45, 2.75) is 39.2 Å². The van der Waals surface area contributed by atoms with Crippen LogP contribution in [0.15, 0.2) is 42.7 Å². The summed E-state index contributed by atoms with van der Waals surface area (Å²) < 4.78 is 2.09. The quantitative estimate of drug-likeness (QED) is 0.773. The van der Waals surface area contributed by atoms with Crippen LogP contribution < -0.4 is 0 Å². The van der Waals surface area contributed by atoms with Crippen molar-refractivity contribution in [1.82, 2.24) is 9.78 Å². The van der Waals surface area contributed by atoms with E-state index in [0.29, 0.717) is 12.0 Å². The molecule has 90 valence electrons. The summed E-state index contributed by atoms with van der Waals surface area (Å²) in [5, 5.41) is 4.50. The molecule has 1 atom stereocenters. The maximum absolute atomic E-state index is 4.50. The van der Waals surface area contributed by atoms with Crippen molar-refractivity contribution in [2.75, 3.05) is 0 Å². The van der Waals surface area contributed by atoms with Crippen LogP contribution in [-0.2, 0) is 0 Å². The number of hydrogen-bond acceptors (Lipinski definition) is 1. The van der Waals surface area contributed by atoms with Crippen molar-refractivity contribution in [3.8, 4) is 0 Å². The van der Waals surface area contributed by atoms with Gasteiger partial charge in [-0.2, -0.15) is 5.10 Å². The molecular formula is C15H20N2. The van der Waals surface area contributed by atoms with Gasteiger partial charge < -0.3 is 0 Å². The first kappa shape index (κ1) is 11.9. The van der Waals surface area contributed by atoms with Gasteiger partial charge in [-0.1, -0.05) is 51.1 Å². The van der Waals surface area contributed by atoms with Crippen molar-refractivity contribution in [3.63, 3.8) is 0 Å². The van der Waals surface area contributed by atoms with Crippen LogP contribution in [0.4, 0.5) is 0 Å². The molecule has 2 nitrogen and oxygen atoms in total. The fourth-order valence-corrected chi connectivity index (χ4v) is 2.07.